The molecule has 0 fully saturated rings. The Balaban J connectivity index is 3.96. The van der Waals surface area contributed by atoms with Gasteiger partial charge in [-0.05, 0) is 6.42 Å². The summed E-state index contributed by atoms with van der Waals surface area (Å²) in [6.07, 6.45) is 5.95. The summed E-state index contributed by atoms with van der Waals surface area (Å²) < 4.78 is 9.28. The smallest absolute Gasteiger partial charge is 0.315 e. The third kappa shape index (κ3) is 11.5. The molecule has 0 aliphatic heterocycles. The molecule has 0 aliphatic carbocycles. The summed E-state index contributed by atoms with van der Waals surface area (Å²) in [5.74, 6) is 1.24. The van der Waals surface area contributed by atoms with Crippen molar-refractivity contribution in [3.05, 3.63) is 0 Å². The molecule has 0 saturated heterocycles. The van der Waals surface area contributed by atoms with Gasteiger partial charge in [0, 0.05) is 11.0 Å². The van der Waals surface area contributed by atoms with Crippen LogP contribution in [0.5, 0.6) is 0 Å². The summed E-state index contributed by atoms with van der Waals surface area (Å²) in [5.41, 5.74) is 0. The second-order valence-corrected chi connectivity index (χ2v) is 6.77. The molecule has 0 aromatic carbocycles. The second-order valence-electron chi connectivity index (χ2n) is 4.45. The van der Waals surface area contributed by atoms with Crippen LogP contribution in [0.1, 0.15) is 39.0 Å². The summed E-state index contributed by atoms with van der Waals surface area (Å²) in [6, 6.07) is 0. The molecule has 4 nitrogen and oxygen atoms in total. The number of hydrogen-bond acceptors (Lipinski definition) is 6. The molecule has 118 valence electrons. The molecule has 0 aromatic rings. The molecule has 6 heteroatoms. The summed E-state index contributed by atoms with van der Waals surface area (Å²) in [5, 5.41) is 0.389. The number of ether oxygens (including phenoxy) is 2. The van der Waals surface area contributed by atoms with E-state index in [1.54, 1.807) is 23.5 Å². The zero-order chi connectivity index (χ0) is 15.2. The molecular weight excluding hydrogens is 296 g/mol. The molecule has 0 saturated carbocycles. The van der Waals surface area contributed by atoms with Gasteiger partial charge in [0.05, 0.1) is 25.7 Å². The van der Waals surface area contributed by atoms with Crippen molar-refractivity contribution >= 4 is 35.5 Å². The fourth-order valence-corrected chi connectivity index (χ4v) is 3.92. The van der Waals surface area contributed by atoms with Crippen LogP contribution in [0.4, 0.5) is 0 Å². The van der Waals surface area contributed by atoms with Gasteiger partial charge in [0.25, 0.3) is 0 Å². The minimum absolute atomic E-state index is 0.188. The van der Waals surface area contributed by atoms with Gasteiger partial charge in [-0.15, -0.1) is 23.5 Å². The molecule has 0 amide bonds. The first-order valence-electron chi connectivity index (χ1n) is 6.97. The van der Waals surface area contributed by atoms with Crippen LogP contribution in [-0.2, 0) is 19.1 Å². The zero-order valence-corrected chi connectivity index (χ0v) is 14.3. The standard InChI is InChI=1S/C14H26O4S2/c1-4-5-6-7-8-12(20-11-14(16)18-3)9-19-10-13(15)17-2/h12H,4-11H2,1-3H3. The van der Waals surface area contributed by atoms with Crippen molar-refractivity contribution in [3.8, 4) is 0 Å². The highest BCUT2D eigenvalue weighted by molar-refractivity contribution is 8.04. The lowest BCUT2D eigenvalue weighted by Gasteiger charge is -2.15. The van der Waals surface area contributed by atoms with Gasteiger partial charge in [-0.1, -0.05) is 32.6 Å². The average Bonchev–Trinajstić information content (AvgIpc) is 2.47. The van der Waals surface area contributed by atoms with E-state index < -0.39 is 0 Å². The van der Waals surface area contributed by atoms with Gasteiger partial charge >= 0.3 is 11.9 Å². The van der Waals surface area contributed by atoms with Crippen molar-refractivity contribution in [1.29, 1.82) is 0 Å². The van der Waals surface area contributed by atoms with Crippen molar-refractivity contribution in [3.63, 3.8) is 0 Å². The number of hydrogen-bond donors (Lipinski definition) is 0. The largest absolute Gasteiger partial charge is 0.468 e. The Morgan fingerprint density at radius 1 is 1.00 bits per heavy atom. The van der Waals surface area contributed by atoms with E-state index in [4.69, 9.17) is 0 Å². The van der Waals surface area contributed by atoms with Crippen molar-refractivity contribution in [2.24, 2.45) is 0 Å². The minimum Gasteiger partial charge on any atom is -0.468 e. The first-order chi connectivity index (χ1) is 9.63. The molecule has 0 aromatic heterocycles. The number of carbonyl (C=O) groups excluding carboxylic acids is 2. The Bertz CT molecular complexity index is 272. The fourth-order valence-electron chi connectivity index (χ4n) is 1.59. The summed E-state index contributed by atoms with van der Waals surface area (Å²) in [6.45, 7) is 2.19. The Labute approximate surface area is 130 Å². The highest BCUT2D eigenvalue weighted by Gasteiger charge is 2.13. The van der Waals surface area contributed by atoms with E-state index in [0.717, 1.165) is 12.2 Å². The lowest BCUT2D eigenvalue weighted by molar-refractivity contribution is -0.138. The minimum atomic E-state index is -0.197. The van der Waals surface area contributed by atoms with Crippen LogP contribution in [0, 0.1) is 0 Å². The van der Waals surface area contributed by atoms with E-state index in [1.165, 1.54) is 39.9 Å². The molecule has 0 N–H and O–H groups in total. The second kappa shape index (κ2) is 13.6. The highest BCUT2D eigenvalue weighted by Crippen LogP contribution is 2.22. The van der Waals surface area contributed by atoms with Crippen LogP contribution in [0.15, 0.2) is 0 Å². The SMILES string of the molecule is CCCCCCC(CSCC(=O)OC)SCC(=O)OC. The van der Waals surface area contributed by atoms with E-state index in [2.05, 4.69) is 16.4 Å². The first kappa shape index (κ1) is 19.6. The first-order valence-corrected chi connectivity index (χ1v) is 9.17. The summed E-state index contributed by atoms with van der Waals surface area (Å²) in [4.78, 5) is 22.3. The van der Waals surface area contributed by atoms with E-state index in [1.807, 2.05) is 0 Å². The van der Waals surface area contributed by atoms with Gasteiger partial charge < -0.3 is 9.47 Å². The van der Waals surface area contributed by atoms with Gasteiger partial charge in [0.15, 0.2) is 0 Å². The van der Waals surface area contributed by atoms with Gasteiger partial charge in [-0.3, -0.25) is 9.59 Å². The average molecular weight is 322 g/mol. The Hall–Kier alpha value is -0.360. The number of esters is 2. The van der Waals surface area contributed by atoms with Crippen molar-refractivity contribution in [2.75, 3.05) is 31.5 Å². The number of carbonyl (C=O) groups is 2. The fraction of sp³-hybridized carbons (Fsp3) is 0.857. The molecule has 1 atom stereocenters. The number of unbranched alkanes of at least 4 members (excludes halogenated alkanes) is 3. The van der Waals surface area contributed by atoms with Gasteiger partial charge in [0.2, 0.25) is 0 Å². The molecule has 0 heterocycles. The van der Waals surface area contributed by atoms with Crippen LogP contribution < -0.4 is 0 Å². The van der Waals surface area contributed by atoms with E-state index in [9.17, 15) is 9.59 Å². The number of methoxy groups -OCH3 is 2. The highest BCUT2D eigenvalue weighted by atomic mass is 32.2. The normalized spacial score (nSPS) is 11.9. The summed E-state index contributed by atoms with van der Waals surface area (Å²) in [7, 11) is 2.81. The van der Waals surface area contributed by atoms with Crippen LogP contribution in [0.2, 0.25) is 0 Å². The Kier molecular flexibility index (Phi) is 13.4. The maximum atomic E-state index is 11.2. The summed E-state index contributed by atoms with van der Waals surface area (Å²) >= 11 is 3.19. The third-order valence-electron chi connectivity index (χ3n) is 2.80. The van der Waals surface area contributed by atoms with Crippen molar-refractivity contribution < 1.29 is 19.1 Å². The Morgan fingerprint density at radius 2 is 1.65 bits per heavy atom. The van der Waals surface area contributed by atoms with Gasteiger partial charge in [-0.25, -0.2) is 0 Å². The number of rotatable bonds is 12. The van der Waals surface area contributed by atoms with Crippen LogP contribution >= 0.6 is 23.5 Å². The molecule has 0 radical (unpaired) electrons. The van der Waals surface area contributed by atoms with Gasteiger partial charge in [-0.2, -0.15) is 0 Å². The molecule has 1 unspecified atom stereocenters. The topological polar surface area (TPSA) is 52.6 Å². The Morgan fingerprint density at radius 3 is 2.25 bits per heavy atom. The van der Waals surface area contributed by atoms with Crippen molar-refractivity contribution in [1.82, 2.24) is 0 Å². The van der Waals surface area contributed by atoms with E-state index in [0.29, 0.717) is 16.8 Å². The molecule has 0 aliphatic rings. The van der Waals surface area contributed by atoms with Crippen LogP contribution in [0.25, 0.3) is 0 Å². The molecule has 0 spiro atoms. The third-order valence-corrected chi connectivity index (χ3v) is 5.36. The van der Waals surface area contributed by atoms with Crippen LogP contribution in [-0.4, -0.2) is 48.7 Å². The molecule has 20 heavy (non-hydrogen) atoms. The monoisotopic (exact) mass is 322 g/mol. The molecule has 0 bridgehead atoms. The predicted octanol–water partition coefficient (Wildman–Crippen LogP) is 3.14. The maximum absolute atomic E-state index is 11.2. The lowest BCUT2D eigenvalue weighted by atomic mass is 10.1. The maximum Gasteiger partial charge on any atom is 0.315 e. The van der Waals surface area contributed by atoms with E-state index in [-0.39, 0.29) is 11.9 Å². The van der Waals surface area contributed by atoms with Crippen LogP contribution in [0.3, 0.4) is 0 Å². The predicted molar refractivity (Wildman–Crippen MR) is 86.4 cm³/mol. The van der Waals surface area contributed by atoms with Gasteiger partial charge in [0.1, 0.15) is 0 Å². The molecular formula is C14H26O4S2. The van der Waals surface area contributed by atoms with E-state index >= 15 is 0 Å². The quantitative estimate of drug-likeness (QED) is 0.406. The zero-order valence-electron chi connectivity index (χ0n) is 12.7. The number of thioether (sulfide) groups is 2. The lowest BCUT2D eigenvalue weighted by Crippen LogP contribution is -2.14. The van der Waals surface area contributed by atoms with Crippen molar-refractivity contribution in [2.45, 2.75) is 44.3 Å². The molecule has 0 rings (SSSR count).